The first-order valence-corrected chi connectivity index (χ1v) is 10.5. The number of nitrogens with zero attached hydrogens (tertiary/aromatic N) is 3. The van der Waals surface area contributed by atoms with Crippen LogP contribution < -0.4 is 10.1 Å². The van der Waals surface area contributed by atoms with E-state index in [2.05, 4.69) is 25.7 Å². The van der Waals surface area contributed by atoms with E-state index in [0.29, 0.717) is 10.2 Å². The van der Waals surface area contributed by atoms with E-state index in [1.807, 2.05) is 60.0 Å². The van der Waals surface area contributed by atoms with E-state index < -0.39 is 5.25 Å². The molecule has 0 fully saturated rings. The van der Waals surface area contributed by atoms with Crippen LogP contribution in [0.3, 0.4) is 0 Å². The topological polar surface area (TPSA) is 92.8 Å². The minimum atomic E-state index is -0.477. The maximum atomic E-state index is 13.0. The molecule has 1 atom stereocenters. The number of thiazole rings is 1. The summed E-state index contributed by atoms with van der Waals surface area (Å²) in [6, 6.07) is 17.2. The average Bonchev–Trinajstić information content (AvgIpc) is 3.45. The van der Waals surface area contributed by atoms with Crippen molar-refractivity contribution in [2.24, 2.45) is 0 Å². The highest BCUT2D eigenvalue weighted by Gasteiger charge is 2.24. The molecule has 146 valence electrons. The highest BCUT2D eigenvalue weighted by molar-refractivity contribution is 8.00. The molecular weight excluding hydrogens is 406 g/mol. The van der Waals surface area contributed by atoms with Gasteiger partial charge in [-0.3, -0.25) is 4.79 Å². The zero-order chi connectivity index (χ0) is 20.1. The van der Waals surface area contributed by atoms with Crippen LogP contribution in [0.2, 0.25) is 0 Å². The minimum absolute atomic E-state index is 0.167. The number of nitrogens with one attached hydrogen (secondary N) is 2. The third-order valence-corrected chi connectivity index (χ3v) is 6.01. The van der Waals surface area contributed by atoms with Crippen LogP contribution in [0.25, 0.3) is 11.3 Å². The van der Waals surface area contributed by atoms with Crippen LogP contribution in [-0.4, -0.2) is 33.4 Å². The highest BCUT2D eigenvalue weighted by Crippen LogP contribution is 2.35. The number of hydrogen-bond donors (Lipinski definition) is 2. The number of hydrogen-bond acceptors (Lipinski definition) is 7. The van der Waals surface area contributed by atoms with Gasteiger partial charge in [0.25, 0.3) is 0 Å². The van der Waals surface area contributed by atoms with Gasteiger partial charge in [-0.05, 0) is 29.8 Å². The van der Waals surface area contributed by atoms with Crippen LogP contribution in [0.15, 0.2) is 71.2 Å². The number of amides is 1. The van der Waals surface area contributed by atoms with E-state index in [1.165, 1.54) is 23.1 Å². The molecule has 0 aliphatic carbocycles. The molecule has 4 rings (SSSR count). The van der Waals surface area contributed by atoms with Gasteiger partial charge in [-0.15, -0.1) is 16.4 Å². The number of carbonyl (C=O) groups is 1. The number of rotatable bonds is 7. The lowest BCUT2D eigenvalue weighted by atomic mass is 10.1. The van der Waals surface area contributed by atoms with E-state index in [0.717, 1.165) is 22.6 Å². The van der Waals surface area contributed by atoms with Crippen LogP contribution in [-0.2, 0) is 4.79 Å². The number of aromatic nitrogens is 4. The van der Waals surface area contributed by atoms with Gasteiger partial charge in [0, 0.05) is 10.9 Å². The van der Waals surface area contributed by atoms with Gasteiger partial charge < -0.3 is 10.1 Å². The zero-order valence-electron chi connectivity index (χ0n) is 15.4. The van der Waals surface area contributed by atoms with Crippen LogP contribution >= 0.6 is 23.1 Å². The Kier molecular flexibility index (Phi) is 5.87. The summed E-state index contributed by atoms with van der Waals surface area (Å²) in [4.78, 5) is 17.6. The third-order valence-electron chi connectivity index (χ3n) is 4.09. The number of carbonyl (C=O) groups excluding carboxylic acids is 1. The van der Waals surface area contributed by atoms with Crippen molar-refractivity contribution >= 4 is 34.1 Å². The molecule has 0 aliphatic rings. The predicted octanol–water partition coefficient (Wildman–Crippen LogP) is 4.41. The molecule has 7 nitrogen and oxygen atoms in total. The van der Waals surface area contributed by atoms with Crippen molar-refractivity contribution in [3.8, 4) is 17.0 Å². The molecule has 2 N–H and O–H groups in total. The summed E-state index contributed by atoms with van der Waals surface area (Å²) in [5, 5.41) is 16.0. The van der Waals surface area contributed by atoms with Crippen LogP contribution in [0.1, 0.15) is 10.8 Å². The lowest BCUT2D eigenvalue weighted by Crippen LogP contribution is -2.19. The lowest BCUT2D eigenvalue weighted by Gasteiger charge is -2.14. The number of H-pyrrole nitrogens is 1. The van der Waals surface area contributed by atoms with E-state index in [-0.39, 0.29) is 5.91 Å². The van der Waals surface area contributed by atoms with Crippen LogP contribution in [0.4, 0.5) is 5.13 Å². The molecule has 2 heterocycles. The Morgan fingerprint density at radius 2 is 1.97 bits per heavy atom. The number of benzene rings is 2. The zero-order valence-corrected chi connectivity index (χ0v) is 17.0. The molecular formula is C20H17N5O2S2. The van der Waals surface area contributed by atoms with Crippen molar-refractivity contribution < 1.29 is 9.53 Å². The van der Waals surface area contributed by atoms with E-state index in [9.17, 15) is 4.79 Å². The Bertz CT molecular complexity index is 1070. The molecule has 0 radical (unpaired) electrons. The van der Waals surface area contributed by atoms with Crippen molar-refractivity contribution in [2.75, 3.05) is 12.4 Å². The van der Waals surface area contributed by atoms with Crippen molar-refractivity contribution in [1.29, 1.82) is 0 Å². The van der Waals surface area contributed by atoms with E-state index in [4.69, 9.17) is 4.74 Å². The van der Waals surface area contributed by atoms with E-state index >= 15 is 0 Å². The summed E-state index contributed by atoms with van der Waals surface area (Å²) in [6.45, 7) is 0. The van der Waals surface area contributed by atoms with Crippen molar-refractivity contribution in [3.63, 3.8) is 0 Å². The fraction of sp³-hybridized carbons (Fsp3) is 0.100. The molecule has 0 spiro atoms. The van der Waals surface area contributed by atoms with Gasteiger partial charge in [0.1, 0.15) is 16.0 Å². The van der Waals surface area contributed by atoms with Gasteiger partial charge in [-0.2, -0.15) is 10.3 Å². The summed E-state index contributed by atoms with van der Waals surface area (Å²) in [6.07, 6.45) is 1.60. The summed E-state index contributed by atoms with van der Waals surface area (Å²) in [7, 11) is 1.63. The monoisotopic (exact) mass is 423 g/mol. The van der Waals surface area contributed by atoms with Gasteiger partial charge in [-0.1, -0.05) is 42.1 Å². The number of methoxy groups -OCH3 is 1. The molecule has 1 amide bonds. The van der Waals surface area contributed by atoms with Gasteiger partial charge in [0.05, 0.1) is 19.0 Å². The molecule has 0 bridgehead atoms. The summed E-state index contributed by atoms with van der Waals surface area (Å²) < 4.78 is 5.19. The molecule has 4 aromatic rings. The van der Waals surface area contributed by atoms with Gasteiger partial charge >= 0.3 is 0 Å². The number of thioether (sulfide) groups is 1. The van der Waals surface area contributed by atoms with Gasteiger partial charge in [0.15, 0.2) is 5.13 Å². The Morgan fingerprint density at radius 3 is 2.66 bits per heavy atom. The SMILES string of the molecule is COc1ccc(-c2csc(NC(=O)[C@H](Sc3cn[nH]n3)c3ccccc3)n2)cc1. The quantitative estimate of drug-likeness (QED) is 0.428. The first kappa shape index (κ1) is 19.2. The maximum Gasteiger partial charge on any atom is 0.244 e. The van der Waals surface area contributed by atoms with Crippen LogP contribution in [0, 0.1) is 0 Å². The molecule has 0 saturated carbocycles. The number of aromatic amines is 1. The summed E-state index contributed by atoms with van der Waals surface area (Å²) >= 11 is 2.71. The maximum absolute atomic E-state index is 13.0. The van der Waals surface area contributed by atoms with E-state index in [1.54, 1.807) is 13.3 Å². The standard InChI is InChI=1S/C20H17N5O2S2/c1-27-15-9-7-13(8-10-15)16-12-28-20(22-16)23-19(26)18(14-5-3-2-4-6-14)29-17-11-21-25-24-17/h2-12,18H,1H3,(H,21,24,25)(H,22,23,26)/t18-/m1/s1. The number of anilines is 1. The average molecular weight is 424 g/mol. The fourth-order valence-corrected chi connectivity index (χ4v) is 4.30. The third kappa shape index (κ3) is 4.64. The molecule has 29 heavy (non-hydrogen) atoms. The van der Waals surface area contributed by atoms with Crippen LogP contribution in [0.5, 0.6) is 5.75 Å². The van der Waals surface area contributed by atoms with Gasteiger partial charge in [0.2, 0.25) is 5.91 Å². The van der Waals surface area contributed by atoms with Crippen molar-refractivity contribution in [1.82, 2.24) is 20.4 Å². The molecule has 9 heteroatoms. The highest BCUT2D eigenvalue weighted by atomic mass is 32.2. The first-order chi connectivity index (χ1) is 14.2. The first-order valence-electron chi connectivity index (χ1n) is 8.71. The second-order valence-corrected chi connectivity index (χ2v) is 7.96. The fourth-order valence-electron chi connectivity index (χ4n) is 2.67. The molecule has 2 aromatic carbocycles. The van der Waals surface area contributed by atoms with Gasteiger partial charge in [-0.25, -0.2) is 4.98 Å². The minimum Gasteiger partial charge on any atom is -0.497 e. The van der Waals surface area contributed by atoms with Crippen molar-refractivity contribution in [2.45, 2.75) is 10.3 Å². The Balaban J connectivity index is 1.52. The Labute approximate surface area is 175 Å². The second kappa shape index (κ2) is 8.89. The summed E-state index contributed by atoms with van der Waals surface area (Å²) in [5.74, 6) is 0.618. The number of ether oxygens (including phenoxy) is 1. The molecule has 0 saturated heterocycles. The Hall–Kier alpha value is -3.17. The van der Waals surface area contributed by atoms with Crippen molar-refractivity contribution in [3.05, 3.63) is 71.7 Å². The molecule has 2 aromatic heterocycles. The second-order valence-electron chi connectivity index (χ2n) is 5.97. The molecule has 0 unspecified atom stereocenters. The largest absolute Gasteiger partial charge is 0.497 e. The Morgan fingerprint density at radius 1 is 1.17 bits per heavy atom. The summed E-state index contributed by atoms with van der Waals surface area (Å²) in [5.41, 5.74) is 2.64. The predicted molar refractivity (Wildman–Crippen MR) is 114 cm³/mol. The smallest absolute Gasteiger partial charge is 0.244 e. The molecule has 0 aliphatic heterocycles. The normalized spacial score (nSPS) is 11.8. The lowest BCUT2D eigenvalue weighted by molar-refractivity contribution is -0.115.